The van der Waals surface area contributed by atoms with Gasteiger partial charge in [-0.15, -0.1) is 0 Å². The smallest absolute Gasteiger partial charge is 0.340 e. The zero-order valence-corrected chi connectivity index (χ0v) is 10.9. The summed E-state index contributed by atoms with van der Waals surface area (Å²) in [5.74, 6) is -0.480. The van der Waals surface area contributed by atoms with Gasteiger partial charge in [0.25, 0.3) is 0 Å². The number of hydrogen-bond acceptors (Lipinski definition) is 2. The van der Waals surface area contributed by atoms with Gasteiger partial charge in [-0.05, 0) is 17.7 Å². The minimum Gasteiger partial charge on any atom is -0.457 e. The van der Waals surface area contributed by atoms with E-state index in [1.54, 1.807) is 18.2 Å². The third kappa shape index (κ3) is 3.03. The predicted molar refractivity (Wildman–Crippen MR) is 72.0 cm³/mol. The van der Waals surface area contributed by atoms with Crippen LogP contribution in [-0.4, -0.2) is 5.97 Å². The van der Waals surface area contributed by atoms with Crippen LogP contribution in [0.1, 0.15) is 15.9 Å². The first-order chi connectivity index (χ1) is 8.68. The topological polar surface area (TPSA) is 26.3 Å². The molecule has 2 nitrogen and oxygen atoms in total. The Kier molecular flexibility index (Phi) is 4.24. The maximum absolute atomic E-state index is 11.8. The predicted octanol–water partition coefficient (Wildman–Crippen LogP) is 4.35. The number of hydrogen-bond donors (Lipinski definition) is 0. The highest BCUT2D eigenvalue weighted by molar-refractivity contribution is 6.43. The van der Waals surface area contributed by atoms with Crippen molar-refractivity contribution in [2.45, 2.75) is 6.61 Å². The molecule has 0 N–H and O–H groups in total. The zero-order valence-electron chi connectivity index (χ0n) is 9.40. The number of benzene rings is 2. The van der Waals surface area contributed by atoms with Crippen molar-refractivity contribution < 1.29 is 9.53 Å². The molecule has 0 radical (unpaired) electrons. The Hall–Kier alpha value is -1.51. The number of rotatable bonds is 3. The molecule has 0 bridgehead atoms. The number of esters is 1. The van der Waals surface area contributed by atoms with E-state index in [2.05, 4.69) is 0 Å². The van der Waals surface area contributed by atoms with E-state index >= 15 is 0 Å². The lowest BCUT2D eigenvalue weighted by atomic mass is 10.2. The summed E-state index contributed by atoms with van der Waals surface area (Å²) >= 11 is 11.8. The molecule has 0 unspecified atom stereocenters. The first-order valence-corrected chi connectivity index (χ1v) is 6.09. The fourth-order valence-electron chi connectivity index (χ4n) is 1.46. The van der Waals surface area contributed by atoms with Gasteiger partial charge in [0, 0.05) is 0 Å². The first kappa shape index (κ1) is 12.9. The van der Waals surface area contributed by atoms with Crippen LogP contribution >= 0.6 is 23.2 Å². The molecule has 0 aliphatic heterocycles. The minimum atomic E-state index is -0.480. The Labute approximate surface area is 115 Å². The Morgan fingerprint density at radius 1 is 1.00 bits per heavy atom. The third-order valence-electron chi connectivity index (χ3n) is 2.38. The van der Waals surface area contributed by atoms with Crippen LogP contribution in [0.25, 0.3) is 0 Å². The van der Waals surface area contributed by atoms with E-state index < -0.39 is 5.97 Å². The summed E-state index contributed by atoms with van der Waals surface area (Å²) in [6.45, 7) is 0.211. The van der Waals surface area contributed by atoms with Gasteiger partial charge in [-0.2, -0.15) is 0 Å². The molecule has 18 heavy (non-hydrogen) atoms. The number of carbonyl (C=O) groups excluding carboxylic acids is 1. The van der Waals surface area contributed by atoms with E-state index in [1.807, 2.05) is 30.3 Å². The second-order valence-electron chi connectivity index (χ2n) is 3.66. The minimum absolute atomic E-state index is 0.211. The van der Waals surface area contributed by atoms with Crippen LogP contribution in [-0.2, 0) is 11.3 Å². The second kappa shape index (κ2) is 5.89. The highest BCUT2D eigenvalue weighted by Gasteiger charge is 2.13. The molecule has 2 aromatic carbocycles. The summed E-state index contributed by atoms with van der Waals surface area (Å²) < 4.78 is 5.17. The normalized spacial score (nSPS) is 10.1. The SMILES string of the molecule is O=C(OCc1ccccc1)c1cccc(Cl)c1Cl. The average molecular weight is 281 g/mol. The largest absolute Gasteiger partial charge is 0.457 e. The fraction of sp³-hybridized carbons (Fsp3) is 0.0714. The highest BCUT2D eigenvalue weighted by atomic mass is 35.5. The van der Waals surface area contributed by atoms with E-state index in [9.17, 15) is 4.79 Å². The monoisotopic (exact) mass is 280 g/mol. The second-order valence-corrected chi connectivity index (χ2v) is 4.45. The average Bonchev–Trinajstić information content (AvgIpc) is 2.40. The molecular formula is C14H10Cl2O2. The van der Waals surface area contributed by atoms with Gasteiger partial charge >= 0.3 is 5.97 Å². The summed E-state index contributed by atoms with van der Waals surface area (Å²) in [6.07, 6.45) is 0. The van der Waals surface area contributed by atoms with E-state index in [0.29, 0.717) is 5.02 Å². The van der Waals surface area contributed by atoms with Crippen molar-refractivity contribution >= 4 is 29.2 Å². The molecule has 0 fully saturated rings. The van der Waals surface area contributed by atoms with Crippen molar-refractivity contribution in [3.05, 3.63) is 69.7 Å². The van der Waals surface area contributed by atoms with Crippen molar-refractivity contribution in [3.8, 4) is 0 Å². The highest BCUT2D eigenvalue weighted by Crippen LogP contribution is 2.26. The quantitative estimate of drug-likeness (QED) is 0.782. The lowest BCUT2D eigenvalue weighted by molar-refractivity contribution is 0.0473. The number of ether oxygens (including phenoxy) is 1. The number of halogens is 2. The van der Waals surface area contributed by atoms with Gasteiger partial charge in [-0.1, -0.05) is 59.6 Å². The molecular weight excluding hydrogens is 271 g/mol. The van der Waals surface area contributed by atoms with Crippen LogP contribution in [0.4, 0.5) is 0 Å². The number of carbonyl (C=O) groups is 1. The van der Waals surface area contributed by atoms with Gasteiger partial charge in [0.05, 0.1) is 15.6 Å². The molecule has 4 heteroatoms. The summed E-state index contributed by atoms with van der Waals surface area (Å²) in [7, 11) is 0. The van der Waals surface area contributed by atoms with Crippen LogP contribution in [0.3, 0.4) is 0 Å². The van der Waals surface area contributed by atoms with Crippen molar-refractivity contribution in [1.82, 2.24) is 0 Å². The molecule has 0 heterocycles. The van der Waals surface area contributed by atoms with Gasteiger partial charge in [0.2, 0.25) is 0 Å². The lowest BCUT2D eigenvalue weighted by Crippen LogP contribution is -2.06. The molecule has 2 aromatic rings. The Balaban J connectivity index is 2.07. The standard InChI is InChI=1S/C14H10Cl2O2/c15-12-8-4-7-11(13(12)16)14(17)18-9-10-5-2-1-3-6-10/h1-8H,9H2. The Bertz CT molecular complexity index is 553. The molecule has 0 aliphatic carbocycles. The Morgan fingerprint density at radius 3 is 2.44 bits per heavy atom. The van der Waals surface area contributed by atoms with Crippen LogP contribution in [0.15, 0.2) is 48.5 Å². The first-order valence-electron chi connectivity index (χ1n) is 5.33. The van der Waals surface area contributed by atoms with Crippen molar-refractivity contribution in [2.24, 2.45) is 0 Å². The van der Waals surface area contributed by atoms with Crippen LogP contribution in [0, 0.1) is 0 Å². The molecule has 2 rings (SSSR count). The van der Waals surface area contributed by atoms with Crippen molar-refractivity contribution in [1.29, 1.82) is 0 Å². The van der Waals surface area contributed by atoms with E-state index in [-0.39, 0.29) is 17.2 Å². The van der Waals surface area contributed by atoms with Crippen molar-refractivity contribution in [3.63, 3.8) is 0 Å². The lowest BCUT2D eigenvalue weighted by Gasteiger charge is -2.07. The summed E-state index contributed by atoms with van der Waals surface area (Å²) in [4.78, 5) is 11.8. The fourth-order valence-corrected chi connectivity index (χ4v) is 1.84. The molecule has 0 aromatic heterocycles. The van der Waals surface area contributed by atoms with Gasteiger partial charge in [0.15, 0.2) is 0 Å². The summed E-state index contributed by atoms with van der Waals surface area (Å²) in [5, 5.41) is 0.558. The molecule has 0 saturated carbocycles. The molecule has 92 valence electrons. The van der Waals surface area contributed by atoms with E-state index in [1.165, 1.54) is 0 Å². The van der Waals surface area contributed by atoms with Crippen LogP contribution in [0.5, 0.6) is 0 Å². The van der Waals surface area contributed by atoms with E-state index in [4.69, 9.17) is 27.9 Å². The molecule has 0 amide bonds. The van der Waals surface area contributed by atoms with Gasteiger partial charge in [-0.3, -0.25) is 0 Å². The third-order valence-corrected chi connectivity index (χ3v) is 3.20. The van der Waals surface area contributed by atoms with E-state index in [0.717, 1.165) is 5.56 Å². The zero-order chi connectivity index (χ0) is 13.0. The maximum atomic E-state index is 11.8. The summed E-state index contributed by atoms with van der Waals surface area (Å²) in [6, 6.07) is 14.3. The summed E-state index contributed by atoms with van der Waals surface area (Å²) in [5.41, 5.74) is 1.20. The molecule has 0 saturated heterocycles. The van der Waals surface area contributed by atoms with Gasteiger partial charge in [0.1, 0.15) is 6.61 Å². The molecule has 0 spiro atoms. The van der Waals surface area contributed by atoms with Gasteiger partial charge < -0.3 is 4.74 Å². The van der Waals surface area contributed by atoms with Crippen molar-refractivity contribution in [2.75, 3.05) is 0 Å². The molecule has 0 aliphatic rings. The molecule has 0 atom stereocenters. The van der Waals surface area contributed by atoms with Gasteiger partial charge in [-0.25, -0.2) is 4.79 Å². The van der Waals surface area contributed by atoms with Crippen LogP contribution < -0.4 is 0 Å². The maximum Gasteiger partial charge on any atom is 0.340 e. The van der Waals surface area contributed by atoms with Crippen LogP contribution in [0.2, 0.25) is 10.0 Å². The Morgan fingerprint density at radius 2 is 1.72 bits per heavy atom.